The van der Waals surface area contributed by atoms with Gasteiger partial charge >= 0.3 is 11.9 Å². The zero-order chi connectivity index (χ0) is 32.5. The Bertz CT molecular complexity index is 1340. The van der Waals surface area contributed by atoms with E-state index in [0.29, 0.717) is 40.4 Å². The average Bonchev–Trinajstić information content (AvgIpc) is 2.99. The Labute approximate surface area is 266 Å². The van der Waals surface area contributed by atoms with Gasteiger partial charge in [-0.05, 0) is 35.4 Å². The Balaban J connectivity index is 1.74. The molecule has 2 atom stereocenters. The third kappa shape index (κ3) is 9.27. The number of likely N-dealkylation sites (N-methyl/N-ethyl adjacent to an activating group) is 2. The van der Waals surface area contributed by atoms with E-state index in [0.717, 1.165) is 42.1 Å². The molecule has 44 heavy (non-hydrogen) atoms. The molecule has 11 heteroatoms. The van der Waals surface area contributed by atoms with Crippen LogP contribution >= 0.6 is 11.6 Å². The first-order valence-electron chi connectivity index (χ1n) is 14.7. The molecule has 0 spiro atoms. The minimum atomic E-state index is -0.749. The van der Waals surface area contributed by atoms with Crippen LogP contribution in [0.4, 0.5) is 0 Å². The summed E-state index contributed by atoms with van der Waals surface area (Å²) < 4.78 is 34.2. The van der Waals surface area contributed by atoms with Crippen LogP contribution in [0, 0.1) is 0 Å². The molecule has 0 N–H and O–H groups in total. The van der Waals surface area contributed by atoms with E-state index in [9.17, 15) is 9.59 Å². The molecule has 2 aromatic carbocycles. The highest BCUT2D eigenvalue weighted by molar-refractivity contribution is 6.42. The molecule has 1 aliphatic rings. The molecule has 0 bridgehead atoms. The van der Waals surface area contributed by atoms with Crippen LogP contribution in [0.2, 0.25) is 0 Å². The number of hydrogen-bond acceptors (Lipinski definition) is 8. The SMILES string of the molecule is COc1ccc(CC2c3cc(OC)c(OC)cc3CC[N+]2(C)CCCOC(=O)/C(Cl)=C/C(=O)OCC[N+](C)(C)C)cc1OC. The first-order valence-corrected chi connectivity index (χ1v) is 15.0. The van der Waals surface area contributed by atoms with Crippen molar-refractivity contribution in [3.05, 3.63) is 58.1 Å². The lowest BCUT2D eigenvalue weighted by molar-refractivity contribution is -0.941. The van der Waals surface area contributed by atoms with Crippen molar-refractivity contribution in [1.82, 2.24) is 0 Å². The Hall–Kier alpha value is -3.47. The zero-order valence-electron chi connectivity index (χ0n) is 27.2. The molecule has 3 rings (SSSR count). The van der Waals surface area contributed by atoms with Crippen LogP contribution in [0.15, 0.2) is 41.4 Å². The van der Waals surface area contributed by atoms with Gasteiger partial charge in [0.05, 0.1) is 76.3 Å². The number of carbonyl (C=O) groups is 2. The number of carbonyl (C=O) groups excluding carboxylic acids is 2. The third-order valence-electron chi connectivity index (χ3n) is 8.02. The molecule has 2 unspecified atom stereocenters. The standard InChI is InChI=1S/C33H47ClN2O8/c1-35(2,3)15-17-43-32(37)22-26(34)33(38)44-16-9-13-36(4)14-12-24-20-30(41-7)31(42-8)21-25(24)27(36)18-23-10-11-28(39-5)29(19-23)40-6/h10-11,19-22,27H,9,12-18H2,1-8H3/q+2/b26-22-. The maximum atomic E-state index is 12.5. The topological polar surface area (TPSA) is 89.5 Å². The minimum absolute atomic E-state index is 0.0809. The van der Waals surface area contributed by atoms with E-state index in [4.69, 9.17) is 40.0 Å². The van der Waals surface area contributed by atoms with Gasteiger partial charge in [-0.15, -0.1) is 0 Å². The number of halogens is 1. The maximum Gasteiger partial charge on any atom is 0.350 e. The van der Waals surface area contributed by atoms with Crippen LogP contribution in [-0.2, 0) is 31.9 Å². The van der Waals surface area contributed by atoms with Gasteiger partial charge in [0.15, 0.2) is 23.0 Å². The molecule has 0 radical (unpaired) electrons. The maximum absolute atomic E-state index is 12.5. The molecule has 0 aromatic heterocycles. The second-order valence-electron chi connectivity index (χ2n) is 12.2. The summed E-state index contributed by atoms with van der Waals surface area (Å²) in [4.78, 5) is 24.5. The van der Waals surface area contributed by atoms with E-state index < -0.39 is 11.9 Å². The average molecular weight is 635 g/mol. The van der Waals surface area contributed by atoms with Crippen LogP contribution in [0.1, 0.15) is 29.2 Å². The fourth-order valence-electron chi connectivity index (χ4n) is 5.44. The van der Waals surface area contributed by atoms with Gasteiger partial charge in [-0.3, -0.25) is 0 Å². The molecule has 10 nitrogen and oxygen atoms in total. The summed E-state index contributed by atoms with van der Waals surface area (Å²) in [6.07, 6.45) is 3.17. The number of benzene rings is 2. The van der Waals surface area contributed by atoms with Gasteiger partial charge in [-0.25, -0.2) is 9.59 Å². The van der Waals surface area contributed by atoms with Crippen LogP contribution in [0.25, 0.3) is 0 Å². The largest absolute Gasteiger partial charge is 0.493 e. The Morgan fingerprint density at radius 2 is 1.55 bits per heavy atom. The van der Waals surface area contributed by atoms with Gasteiger partial charge in [0.25, 0.3) is 0 Å². The number of ether oxygens (including phenoxy) is 6. The number of methoxy groups -OCH3 is 4. The number of nitrogens with zero attached hydrogens (tertiary/aromatic N) is 2. The fourth-order valence-corrected chi connectivity index (χ4v) is 5.59. The van der Waals surface area contributed by atoms with Crippen molar-refractivity contribution < 1.29 is 47.0 Å². The van der Waals surface area contributed by atoms with Crippen molar-refractivity contribution in [2.75, 3.05) is 89.5 Å². The van der Waals surface area contributed by atoms with Gasteiger partial charge in [-0.2, -0.15) is 0 Å². The molecular formula is C33H47ClN2O8+2. The molecule has 0 aliphatic carbocycles. The lowest BCUT2D eigenvalue weighted by Crippen LogP contribution is -2.52. The molecular weight excluding hydrogens is 588 g/mol. The first kappa shape index (κ1) is 35.0. The third-order valence-corrected chi connectivity index (χ3v) is 8.28. The number of rotatable bonds is 15. The Kier molecular flexibility index (Phi) is 12.3. The smallest absolute Gasteiger partial charge is 0.350 e. The summed E-state index contributed by atoms with van der Waals surface area (Å²) in [6.45, 7) is 2.65. The number of hydrogen-bond donors (Lipinski definition) is 0. The van der Waals surface area contributed by atoms with E-state index in [1.54, 1.807) is 28.4 Å². The molecule has 0 saturated heterocycles. The van der Waals surface area contributed by atoms with Crippen molar-refractivity contribution in [2.45, 2.75) is 25.3 Å². The van der Waals surface area contributed by atoms with E-state index in [2.05, 4.69) is 25.2 Å². The van der Waals surface area contributed by atoms with Crippen molar-refractivity contribution in [3.8, 4) is 23.0 Å². The lowest BCUT2D eigenvalue weighted by Gasteiger charge is -2.46. The van der Waals surface area contributed by atoms with Crippen LogP contribution in [0.5, 0.6) is 23.0 Å². The van der Waals surface area contributed by atoms with Gasteiger partial charge in [-0.1, -0.05) is 17.7 Å². The van der Waals surface area contributed by atoms with Gasteiger partial charge in [0, 0.05) is 30.9 Å². The second-order valence-corrected chi connectivity index (χ2v) is 12.6. The second kappa shape index (κ2) is 15.5. The van der Waals surface area contributed by atoms with E-state index in [1.165, 1.54) is 11.1 Å². The summed E-state index contributed by atoms with van der Waals surface area (Å²) in [5.41, 5.74) is 3.52. The molecule has 1 heterocycles. The van der Waals surface area contributed by atoms with Crippen molar-refractivity contribution >= 4 is 23.5 Å². The highest BCUT2D eigenvalue weighted by atomic mass is 35.5. The lowest BCUT2D eigenvalue weighted by atomic mass is 9.86. The number of fused-ring (bicyclic) bond motifs is 1. The molecule has 0 amide bonds. The van der Waals surface area contributed by atoms with Gasteiger partial charge in [0.2, 0.25) is 0 Å². The van der Waals surface area contributed by atoms with Crippen molar-refractivity contribution in [1.29, 1.82) is 0 Å². The van der Waals surface area contributed by atoms with Gasteiger partial charge in [0.1, 0.15) is 24.2 Å². The summed E-state index contributed by atoms with van der Waals surface area (Å²) in [7, 11) is 14.7. The van der Waals surface area contributed by atoms with Gasteiger partial charge < -0.3 is 37.4 Å². The molecule has 1 aliphatic heterocycles. The Morgan fingerprint density at radius 3 is 2.18 bits per heavy atom. The molecule has 2 aromatic rings. The first-order chi connectivity index (χ1) is 20.8. The highest BCUT2D eigenvalue weighted by Crippen LogP contribution is 2.43. The summed E-state index contributed by atoms with van der Waals surface area (Å²) in [6, 6.07) is 10.2. The number of quaternary nitrogens is 2. The molecule has 0 saturated carbocycles. The summed E-state index contributed by atoms with van der Waals surface area (Å²) in [5, 5.41) is -0.306. The quantitative estimate of drug-likeness (QED) is 0.124. The van der Waals surface area contributed by atoms with E-state index in [-0.39, 0.29) is 24.3 Å². The van der Waals surface area contributed by atoms with Crippen LogP contribution in [0.3, 0.4) is 0 Å². The summed E-state index contributed by atoms with van der Waals surface area (Å²) in [5.74, 6) is 1.33. The minimum Gasteiger partial charge on any atom is -0.493 e. The van der Waals surface area contributed by atoms with Crippen LogP contribution < -0.4 is 18.9 Å². The van der Waals surface area contributed by atoms with E-state index >= 15 is 0 Å². The zero-order valence-corrected chi connectivity index (χ0v) is 28.0. The van der Waals surface area contributed by atoms with Crippen molar-refractivity contribution in [2.24, 2.45) is 0 Å². The monoisotopic (exact) mass is 634 g/mol. The Morgan fingerprint density at radius 1 is 0.909 bits per heavy atom. The molecule has 0 fully saturated rings. The highest BCUT2D eigenvalue weighted by Gasteiger charge is 2.40. The van der Waals surface area contributed by atoms with E-state index in [1.807, 2.05) is 33.3 Å². The fraction of sp³-hybridized carbons (Fsp3) is 0.515. The normalized spacial score (nSPS) is 18.2. The predicted molar refractivity (Wildman–Crippen MR) is 169 cm³/mol. The summed E-state index contributed by atoms with van der Waals surface area (Å²) >= 11 is 6.06. The molecule has 242 valence electrons. The van der Waals surface area contributed by atoms with Crippen molar-refractivity contribution in [3.63, 3.8) is 0 Å². The predicted octanol–water partition coefficient (Wildman–Crippen LogP) is 4.31. The van der Waals surface area contributed by atoms with Crippen LogP contribution in [-0.4, -0.2) is 110 Å². The number of esters is 2.